The Bertz CT molecular complexity index is 1430. The molecule has 1 fully saturated rings. The summed E-state index contributed by atoms with van der Waals surface area (Å²) < 4.78 is 68.7. The van der Waals surface area contributed by atoms with Gasteiger partial charge in [0.15, 0.2) is 9.84 Å². The normalized spacial score (nSPS) is 16.7. The molecule has 4 rings (SSSR count). The minimum absolute atomic E-state index is 0.0386. The van der Waals surface area contributed by atoms with Gasteiger partial charge in [0.1, 0.15) is 11.9 Å². The Balaban J connectivity index is 1.55. The zero-order valence-electron chi connectivity index (χ0n) is 21.2. The maximum atomic E-state index is 12.8. The lowest BCUT2D eigenvalue weighted by Crippen LogP contribution is -2.25. The lowest BCUT2D eigenvalue weighted by molar-refractivity contribution is -0.137. The van der Waals surface area contributed by atoms with Crippen LogP contribution in [0.25, 0.3) is 0 Å². The number of amides is 1. The number of ether oxygens (including phenoxy) is 1. The van der Waals surface area contributed by atoms with Crippen LogP contribution < -0.4 is 15.4 Å². The molecule has 1 aliphatic heterocycles. The second kappa shape index (κ2) is 11.3. The van der Waals surface area contributed by atoms with Gasteiger partial charge in [-0.15, -0.1) is 0 Å². The van der Waals surface area contributed by atoms with Crippen LogP contribution in [0.4, 0.5) is 18.9 Å². The summed E-state index contributed by atoms with van der Waals surface area (Å²) in [5, 5.41) is 10.3. The van der Waals surface area contributed by atoms with Crippen molar-refractivity contribution in [2.45, 2.75) is 36.4 Å². The maximum Gasteiger partial charge on any atom is 0.416 e. The molecule has 0 bridgehead atoms. The Morgan fingerprint density at radius 3 is 2.33 bits per heavy atom. The van der Waals surface area contributed by atoms with Crippen molar-refractivity contribution >= 4 is 21.4 Å². The molecule has 7 nitrogen and oxygen atoms in total. The maximum absolute atomic E-state index is 12.8. The molecule has 208 valence electrons. The highest BCUT2D eigenvalue weighted by Gasteiger charge is 2.31. The molecule has 0 unspecified atom stereocenters. The van der Waals surface area contributed by atoms with Gasteiger partial charge in [0, 0.05) is 30.1 Å². The predicted octanol–water partition coefficient (Wildman–Crippen LogP) is 4.38. The summed E-state index contributed by atoms with van der Waals surface area (Å²) in [6.45, 7) is 2.28. The predicted molar refractivity (Wildman–Crippen MR) is 141 cm³/mol. The highest BCUT2D eigenvalue weighted by molar-refractivity contribution is 7.91. The first-order chi connectivity index (χ1) is 18.4. The molecule has 3 aromatic carbocycles. The number of aliphatic hydroxyl groups is 1. The van der Waals surface area contributed by atoms with Gasteiger partial charge in [-0.3, -0.25) is 4.79 Å². The number of carbonyl (C=O) groups is 1. The molecule has 1 saturated heterocycles. The van der Waals surface area contributed by atoms with E-state index in [4.69, 9.17) is 10.5 Å². The number of aliphatic hydroxyl groups excluding tert-OH is 1. The van der Waals surface area contributed by atoms with Crippen LogP contribution in [0.15, 0.2) is 71.6 Å². The van der Waals surface area contributed by atoms with Gasteiger partial charge < -0.3 is 20.5 Å². The lowest BCUT2D eigenvalue weighted by Gasteiger charge is -2.24. The number of alkyl halides is 3. The number of halogens is 3. The highest BCUT2D eigenvalue weighted by atomic mass is 32.2. The topological polar surface area (TPSA) is 110 Å². The van der Waals surface area contributed by atoms with Gasteiger partial charge >= 0.3 is 6.18 Å². The van der Waals surface area contributed by atoms with E-state index in [1.807, 2.05) is 4.90 Å². The third-order valence-electron chi connectivity index (χ3n) is 6.87. The second-order valence-corrected chi connectivity index (χ2v) is 11.6. The summed E-state index contributed by atoms with van der Waals surface area (Å²) in [4.78, 5) is 14.4. The fourth-order valence-electron chi connectivity index (χ4n) is 4.69. The number of benzene rings is 3. The van der Waals surface area contributed by atoms with E-state index in [0.717, 1.165) is 17.8 Å². The lowest BCUT2D eigenvalue weighted by atomic mass is 9.88. The first-order valence-electron chi connectivity index (χ1n) is 12.4. The van der Waals surface area contributed by atoms with Crippen molar-refractivity contribution in [3.8, 4) is 5.75 Å². The van der Waals surface area contributed by atoms with Gasteiger partial charge in [-0.1, -0.05) is 19.1 Å². The summed E-state index contributed by atoms with van der Waals surface area (Å²) in [7, 11) is -3.39. The number of carbonyl (C=O) groups excluding carboxylic acids is 1. The van der Waals surface area contributed by atoms with E-state index in [1.165, 1.54) is 24.3 Å². The van der Waals surface area contributed by atoms with Gasteiger partial charge in [0.05, 0.1) is 29.4 Å². The molecule has 39 heavy (non-hydrogen) atoms. The molecule has 0 spiro atoms. The highest BCUT2D eigenvalue weighted by Crippen LogP contribution is 2.34. The standard InChI is InChI=1S/C28H29F3N2O5S/c1-2-39(36,37)23-10-3-18(4-11-23)26(17-34)25-15-20(7-12-24(25)27(32)35)33-14-13-22(16-33)38-21-8-5-19(6-9-21)28(29,30)31/h3-12,15,22,26,34H,2,13-14,16-17H2,1H3,(H2,32,35)/t22-,26-/m1/s1. The van der Waals surface area contributed by atoms with Gasteiger partial charge in [-0.25, -0.2) is 8.42 Å². The Kier molecular flexibility index (Phi) is 8.22. The van der Waals surface area contributed by atoms with Crippen LogP contribution in [-0.4, -0.2) is 51.0 Å². The molecule has 1 heterocycles. The summed E-state index contributed by atoms with van der Waals surface area (Å²) >= 11 is 0. The molecule has 0 aromatic heterocycles. The molecule has 3 aromatic rings. The first-order valence-corrected chi connectivity index (χ1v) is 14.0. The van der Waals surface area contributed by atoms with E-state index < -0.39 is 33.4 Å². The second-order valence-electron chi connectivity index (χ2n) is 9.34. The van der Waals surface area contributed by atoms with Gasteiger partial charge in [0.2, 0.25) is 5.91 Å². The molecule has 0 radical (unpaired) electrons. The number of sulfone groups is 1. The van der Waals surface area contributed by atoms with E-state index >= 15 is 0 Å². The van der Waals surface area contributed by atoms with Gasteiger partial charge in [-0.05, 0) is 65.7 Å². The fraction of sp³-hybridized carbons (Fsp3) is 0.321. The fourth-order valence-corrected chi connectivity index (χ4v) is 5.57. The van der Waals surface area contributed by atoms with Gasteiger partial charge in [-0.2, -0.15) is 13.2 Å². The Morgan fingerprint density at radius 2 is 1.77 bits per heavy atom. The minimum Gasteiger partial charge on any atom is -0.489 e. The first kappa shape index (κ1) is 28.4. The molecule has 0 aliphatic carbocycles. The molecule has 2 atom stereocenters. The smallest absolute Gasteiger partial charge is 0.416 e. The number of nitrogens with zero attached hydrogens (tertiary/aromatic N) is 1. The third kappa shape index (κ3) is 6.36. The molecule has 1 aliphatic rings. The van der Waals surface area contributed by atoms with Crippen LogP contribution in [0.2, 0.25) is 0 Å². The van der Waals surface area contributed by atoms with Crippen molar-refractivity contribution in [2.75, 3.05) is 30.3 Å². The van der Waals surface area contributed by atoms with E-state index in [2.05, 4.69) is 0 Å². The monoisotopic (exact) mass is 562 g/mol. The summed E-state index contributed by atoms with van der Waals surface area (Å²) in [5.41, 5.74) is 7.00. The average molecular weight is 563 g/mol. The third-order valence-corrected chi connectivity index (χ3v) is 8.63. The summed E-state index contributed by atoms with van der Waals surface area (Å²) in [5.74, 6) is -0.991. The van der Waals surface area contributed by atoms with Gasteiger partial charge in [0.25, 0.3) is 0 Å². The zero-order chi connectivity index (χ0) is 28.4. The number of nitrogens with two attached hydrogens (primary N) is 1. The van der Waals surface area contributed by atoms with Crippen molar-refractivity contribution in [1.82, 2.24) is 0 Å². The van der Waals surface area contributed by atoms with Crippen LogP contribution in [0, 0.1) is 0 Å². The van der Waals surface area contributed by atoms with E-state index in [0.29, 0.717) is 36.4 Å². The molecule has 3 N–H and O–H groups in total. The van der Waals surface area contributed by atoms with Crippen LogP contribution >= 0.6 is 0 Å². The van der Waals surface area contributed by atoms with E-state index in [1.54, 1.807) is 37.3 Å². The number of hydrogen-bond acceptors (Lipinski definition) is 6. The number of rotatable bonds is 9. The number of anilines is 1. The summed E-state index contributed by atoms with van der Waals surface area (Å²) in [6, 6.07) is 15.9. The zero-order valence-corrected chi connectivity index (χ0v) is 22.0. The van der Waals surface area contributed by atoms with Crippen molar-refractivity contribution in [1.29, 1.82) is 0 Å². The molecular weight excluding hydrogens is 533 g/mol. The van der Waals surface area contributed by atoms with Crippen LogP contribution in [0.3, 0.4) is 0 Å². The largest absolute Gasteiger partial charge is 0.489 e. The number of primary amides is 1. The Hall–Kier alpha value is -3.57. The van der Waals surface area contributed by atoms with E-state index in [9.17, 15) is 31.5 Å². The molecule has 11 heteroatoms. The average Bonchev–Trinajstić information content (AvgIpc) is 3.37. The SMILES string of the molecule is CCS(=O)(=O)c1ccc([C@@H](CO)c2cc(N3CC[C@@H](Oc4ccc(C(F)(F)F)cc4)C3)ccc2C(N)=O)cc1. The van der Waals surface area contributed by atoms with E-state index in [-0.39, 0.29) is 28.9 Å². The summed E-state index contributed by atoms with van der Waals surface area (Å²) in [6.07, 6.45) is -4.05. The van der Waals surface area contributed by atoms with Crippen molar-refractivity contribution < 1.29 is 36.2 Å². The Labute approximate surface area is 224 Å². The molecule has 1 amide bonds. The van der Waals surface area contributed by atoms with Crippen LogP contribution in [0.1, 0.15) is 46.3 Å². The van der Waals surface area contributed by atoms with Crippen LogP contribution in [0.5, 0.6) is 5.75 Å². The Morgan fingerprint density at radius 1 is 1.10 bits per heavy atom. The quantitative estimate of drug-likeness (QED) is 0.401. The van der Waals surface area contributed by atoms with Crippen LogP contribution in [-0.2, 0) is 16.0 Å². The number of hydrogen-bond donors (Lipinski definition) is 2. The minimum atomic E-state index is -4.42. The van der Waals surface area contributed by atoms with Crippen molar-refractivity contribution in [2.24, 2.45) is 5.73 Å². The van der Waals surface area contributed by atoms with Crippen molar-refractivity contribution in [3.05, 3.63) is 89.0 Å². The van der Waals surface area contributed by atoms with Crippen molar-refractivity contribution in [3.63, 3.8) is 0 Å². The molecular formula is C28H29F3N2O5S. The molecule has 0 saturated carbocycles.